The number of aliphatic hydroxyl groups excluding tert-OH is 1. The Labute approximate surface area is 85.1 Å². The van der Waals surface area contributed by atoms with Gasteiger partial charge in [0.25, 0.3) is 0 Å². The first kappa shape index (κ1) is 9.37. The van der Waals surface area contributed by atoms with Crippen molar-refractivity contribution in [2.24, 2.45) is 0 Å². The predicted molar refractivity (Wildman–Crippen MR) is 57.9 cm³/mol. The Kier molecular flexibility index (Phi) is 2.61. The van der Waals surface area contributed by atoms with Crippen molar-refractivity contribution >= 4 is 27.5 Å². The third kappa shape index (κ3) is 1.84. The fourth-order valence-electron chi connectivity index (χ4n) is 1.28. The molecule has 1 aromatic heterocycles. The highest BCUT2D eigenvalue weighted by atomic mass is 32.1. The van der Waals surface area contributed by atoms with Crippen LogP contribution in [0.5, 0.6) is 0 Å². The summed E-state index contributed by atoms with van der Waals surface area (Å²) in [5, 5.41) is 9.64. The van der Waals surface area contributed by atoms with Crippen LogP contribution in [-0.4, -0.2) is 11.7 Å². The van der Waals surface area contributed by atoms with Gasteiger partial charge in [-0.25, -0.2) is 4.39 Å². The number of thiophene rings is 1. The second-order valence-electron chi connectivity index (χ2n) is 2.92. The molecule has 0 unspecified atom stereocenters. The molecule has 1 heterocycles. The molecule has 0 fully saturated rings. The number of fused-ring (bicyclic) bond motifs is 1. The quantitative estimate of drug-likeness (QED) is 0.804. The fraction of sp³-hybridized carbons (Fsp3) is 0.0909. The van der Waals surface area contributed by atoms with E-state index in [2.05, 4.69) is 0 Å². The van der Waals surface area contributed by atoms with Gasteiger partial charge in [-0.3, -0.25) is 0 Å². The minimum atomic E-state index is -0.211. The van der Waals surface area contributed by atoms with Crippen molar-refractivity contribution in [1.29, 1.82) is 0 Å². The number of hydrogen-bond donors (Lipinski definition) is 1. The van der Waals surface area contributed by atoms with Crippen LogP contribution in [0, 0.1) is 5.82 Å². The Morgan fingerprint density at radius 1 is 1.36 bits per heavy atom. The highest BCUT2D eigenvalue weighted by Gasteiger charge is 1.99. The number of rotatable bonds is 2. The average molecular weight is 208 g/mol. The van der Waals surface area contributed by atoms with Gasteiger partial charge < -0.3 is 5.11 Å². The van der Waals surface area contributed by atoms with Gasteiger partial charge in [-0.2, -0.15) is 0 Å². The van der Waals surface area contributed by atoms with E-state index in [-0.39, 0.29) is 12.4 Å². The van der Waals surface area contributed by atoms with E-state index in [0.29, 0.717) is 0 Å². The van der Waals surface area contributed by atoms with E-state index in [1.54, 1.807) is 12.1 Å². The van der Waals surface area contributed by atoms with E-state index < -0.39 is 0 Å². The molecular formula is C11H9FOS. The molecule has 2 aromatic rings. The van der Waals surface area contributed by atoms with Gasteiger partial charge in [0.1, 0.15) is 5.82 Å². The van der Waals surface area contributed by atoms with Crippen molar-refractivity contribution in [2.45, 2.75) is 0 Å². The van der Waals surface area contributed by atoms with E-state index in [0.717, 1.165) is 15.0 Å². The summed E-state index contributed by atoms with van der Waals surface area (Å²) in [6.45, 7) is 0.0304. The molecule has 0 radical (unpaired) electrons. The maximum atomic E-state index is 12.8. The third-order valence-electron chi connectivity index (χ3n) is 1.89. The molecule has 0 aliphatic carbocycles. The van der Waals surface area contributed by atoms with Gasteiger partial charge in [0.2, 0.25) is 0 Å². The van der Waals surface area contributed by atoms with Crippen molar-refractivity contribution in [2.75, 3.05) is 6.61 Å². The van der Waals surface area contributed by atoms with Crippen molar-refractivity contribution in [3.05, 3.63) is 41.0 Å². The standard InChI is InChI=1S/C11H9FOS/c12-9-4-3-8-6-10(2-1-5-13)14-11(8)7-9/h1-4,6-7,13H,5H2. The molecule has 0 amide bonds. The number of benzene rings is 1. The average Bonchev–Trinajstić information content (AvgIpc) is 2.56. The molecule has 72 valence electrons. The van der Waals surface area contributed by atoms with Crippen LogP contribution >= 0.6 is 11.3 Å². The summed E-state index contributed by atoms with van der Waals surface area (Å²) in [5.41, 5.74) is 0. The Morgan fingerprint density at radius 3 is 3.00 bits per heavy atom. The van der Waals surface area contributed by atoms with Crippen LogP contribution in [-0.2, 0) is 0 Å². The largest absolute Gasteiger partial charge is 0.392 e. The molecule has 1 aromatic carbocycles. The summed E-state index contributed by atoms with van der Waals surface area (Å²) in [6, 6.07) is 6.72. The summed E-state index contributed by atoms with van der Waals surface area (Å²) in [7, 11) is 0. The normalized spacial score (nSPS) is 11.6. The smallest absolute Gasteiger partial charge is 0.124 e. The molecule has 14 heavy (non-hydrogen) atoms. The van der Waals surface area contributed by atoms with Crippen LogP contribution in [0.2, 0.25) is 0 Å². The summed E-state index contributed by atoms with van der Waals surface area (Å²) < 4.78 is 13.8. The molecule has 0 aliphatic heterocycles. The van der Waals surface area contributed by atoms with Gasteiger partial charge in [-0.15, -0.1) is 11.3 Å². The first-order valence-corrected chi connectivity index (χ1v) is 5.08. The van der Waals surface area contributed by atoms with E-state index in [1.807, 2.05) is 12.1 Å². The minimum Gasteiger partial charge on any atom is -0.392 e. The van der Waals surface area contributed by atoms with Crippen LogP contribution in [0.3, 0.4) is 0 Å². The zero-order chi connectivity index (χ0) is 9.97. The summed E-state index contributed by atoms with van der Waals surface area (Å²) in [5.74, 6) is -0.211. The van der Waals surface area contributed by atoms with E-state index in [4.69, 9.17) is 5.11 Å². The van der Waals surface area contributed by atoms with Crippen molar-refractivity contribution in [3.8, 4) is 0 Å². The maximum absolute atomic E-state index is 12.8. The number of halogens is 1. The lowest BCUT2D eigenvalue weighted by Gasteiger charge is -1.86. The molecule has 0 bridgehead atoms. The molecule has 0 saturated heterocycles. The van der Waals surface area contributed by atoms with Gasteiger partial charge >= 0.3 is 0 Å². The van der Waals surface area contributed by atoms with E-state index in [9.17, 15) is 4.39 Å². The molecule has 0 atom stereocenters. The maximum Gasteiger partial charge on any atom is 0.124 e. The van der Waals surface area contributed by atoms with Crippen molar-refractivity contribution in [1.82, 2.24) is 0 Å². The molecule has 0 spiro atoms. The first-order chi connectivity index (χ1) is 6.79. The Hall–Kier alpha value is -1.19. The lowest BCUT2D eigenvalue weighted by molar-refractivity contribution is 0.343. The Morgan fingerprint density at radius 2 is 2.21 bits per heavy atom. The molecule has 0 aliphatic rings. The van der Waals surface area contributed by atoms with Crippen LogP contribution < -0.4 is 0 Å². The van der Waals surface area contributed by atoms with Gasteiger partial charge in [0.05, 0.1) is 6.61 Å². The van der Waals surface area contributed by atoms with E-state index in [1.165, 1.54) is 23.5 Å². The summed E-state index contributed by atoms with van der Waals surface area (Å²) in [6.07, 6.45) is 3.50. The summed E-state index contributed by atoms with van der Waals surface area (Å²) in [4.78, 5) is 1.03. The number of hydrogen-bond acceptors (Lipinski definition) is 2. The second-order valence-corrected chi connectivity index (χ2v) is 4.03. The molecular weight excluding hydrogens is 199 g/mol. The predicted octanol–water partition coefficient (Wildman–Crippen LogP) is 3.05. The van der Waals surface area contributed by atoms with Crippen LogP contribution in [0.1, 0.15) is 4.88 Å². The first-order valence-electron chi connectivity index (χ1n) is 4.26. The van der Waals surface area contributed by atoms with Crippen LogP contribution in [0.4, 0.5) is 4.39 Å². The van der Waals surface area contributed by atoms with Crippen LogP contribution in [0.15, 0.2) is 30.3 Å². The summed E-state index contributed by atoms with van der Waals surface area (Å²) >= 11 is 1.51. The zero-order valence-electron chi connectivity index (χ0n) is 7.40. The van der Waals surface area contributed by atoms with Crippen LogP contribution in [0.25, 0.3) is 16.2 Å². The second kappa shape index (κ2) is 3.90. The fourth-order valence-corrected chi connectivity index (χ4v) is 2.30. The van der Waals surface area contributed by atoms with Gasteiger partial charge in [-0.05, 0) is 29.7 Å². The highest BCUT2D eigenvalue weighted by molar-refractivity contribution is 7.19. The molecule has 2 rings (SSSR count). The molecule has 3 heteroatoms. The monoisotopic (exact) mass is 208 g/mol. The van der Waals surface area contributed by atoms with Gasteiger partial charge in [0.15, 0.2) is 0 Å². The number of aliphatic hydroxyl groups is 1. The van der Waals surface area contributed by atoms with E-state index >= 15 is 0 Å². The zero-order valence-corrected chi connectivity index (χ0v) is 8.22. The molecule has 1 N–H and O–H groups in total. The van der Waals surface area contributed by atoms with Gasteiger partial charge in [0, 0.05) is 9.58 Å². The van der Waals surface area contributed by atoms with Crippen molar-refractivity contribution < 1.29 is 9.50 Å². The Balaban J connectivity index is 2.46. The topological polar surface area (TPSA) is 20.2 Å². The molecule has 0 saturated carbocycles. The molecule has 1 nitrogen and oxygen atoms in total. The lowest BCUT2D eigenvalue weighted by Crippen LogP contribution is -1.68. The SMILES string of the molecule is OCC=Cc1cc2ccc(F)cc2s1. The highest BCUT2D eigenvalue weighted by Crippen LogP contribution is 2.26. The third-order valence-corrected chi connectivity index (χ3v) is 2.95. The Bertz CT molecular complexity index is 473. The van der Waals surface area contributed by atoms with Gasteiger partial charge in [-0.1, -0.05) is 12.1 Å². The minimum absolute atomic E-state index is 0.0304. The van der Waals surface area contributed by atoms with Crippen molar-refractivity contribution in [3.63, 3.8) is 0 Å². The lowest BCUT2D eigenvalue weighted by atomic mass is 10.2.